The predicted molar refractivity (Wildman–Crippen MR) is 124 cm³/mol. The molecule has 1 amide bonds. The van der Waals surface area contributed by atoms with Gasteiger partial charge >= 0.3 is 0 Å². The number of aromatic amines is 1. The molecular formula is C24H26N4O4. The molecule has 0 unspecified atom stereocenters. The van der Waals surface area contributed by atoms with E-state index < -0.39 is 6.04 Å². The molecule has 1 aliphatic heterocycles. The zero-order valence-corrected chi connectivity index (χ0v) is 18.6. The Balaban J connectivity index is 1.89. The van der Waals surface area contributed by atoms with Crippen LogP contribution >= 0.6 is 0 Å². The molecule has 1 atom stereocenters. The third-order valence-electron chi connectivity index (χ3n) is 6.42. The molecule has 3 aromatic heterocycles. The SMILES string of the molecule is CC[C@H](C(=O)N1CC(C)C1)n1c(=O)c2cc(OC)c(OC)cc2c2cnc3[nH]ccc3c21. The molecule has 4 heterocycles. The first-order chi connectivity index (χ1) is 15.5. The summed E-state index contributed by atoms with van der Waals surface area (Å²) < 4.78 is 12.6. The zero-order valence-electron chi connectivity index (χ0n) is 18.6. The fourth-order valence-corrected chi connectivity index (χ4v) is 4.82. The van der Waals surface area contributed by atoms with Crippen LogP contribution in [0.15, 0.2) is 35.4 Å². The maximum Gasteiger partial charge on any atom is 0.259 e. The second-order valence-electron chi connectivity index (χ2n) is 8.46. The highest BCUT2D eigenvalue weighted by Gasteiger charge is 2.34. The molecule has 0 aliphatic carbocycles. The molecule has 1 N–H and O–H groups in total. The second-order valence-corrected chi connectivity index (χ2v) is 8.46. The van der Waals surface area contributed by atoms with Gasteiger partial charge in [-0.1, -0.05) is 13.8 Å². The van der Waals surface area contributed by atoms with Crippen LogP contribution in [0, 0.1) is 5.92 Å². The molecule has 8 nitrogen and oxygen atoms in total. The van der Waals surface area contributed by atoms with Crippen molar-refractivity contribution in [2.45, 2.75) is 26.3 Å². The van der Waals surface area contributed by atoms with E-state index in [1.165, 1.54) is 7.11 Å². The van der Waals surface area contributed by atoms with Crippen molar-refractivity contribution in [2.24, 2.45) is 5.92 Å². The molecule has 0 spiro atoms. The summed E-state index contributed by atoms with van der Waals surface area (Å²) in [5.74, 6) is 1.47. The van der Waals surface area contributed by atoms with Crippen LogP contribution < -0.4 is 15.0 Å². The van der Waals surface area contributed by atoms with Crippen LogP contribution in [0.4, 0.5) is 0 Å². The topological polar surface area (TPSA) is 89.5 Å². The maximum absolute atomic E-state index is 13.9. The molecule has 1 aromatic carbocycles. The Kier molecular flexibility index (Phi) is 4.80. The maximum atomic E-state index is 13.9. The Labute approximate surface area is 184 Å². The Morgan fingerprint density at radius 1 is 1.16 bits per heavy atom. The number of nitrogens with zero attached hydrogens (tertiary/aromatic N) is 3. The largest absolute Gasteiger partial charge is 0.493 e. The van der Waals surface area contributed by atoms with Gasteiger partial charge in [0.15, 0.2) is 11.5 Å². The number of likely N-dealkylation sites (tertiary alicyclic amines) is 1. The van der Waals surface area contributed by atoms with Crippen LogP contribution in [0.1, 0.15) is 26.3 Å². The fourth-order valence-electron chi connectivity index (χ4n) is 4.82. The summed E-state index contributed by atoms with van der Waals surface area (Å²) in [6, 6.07) is 4.80. The number of pyridine rings is 2. The van der Waals surface area contributed by atoms with Gasteiger partial charge in [0.05, 0.1) is 25.1 Å². The van der Waals surface area contributed by atoms with Crippen LogP contribution in [0.25, 0.3) is 32.7 Å². The van der Waals surface area contributed by atoms with Crippen molar-refractivity contribution < 1.29 is 14.3 Å². The van der Waals surface area contributed by atoms with E-state index in [1.807, 2.05) is 24.0 Å². The Bertz CT molecular complexity index is 1410. The molecule has 0 radical (unpaired) electrons. The lowest BCUT2D eigenvalue weighted by Crippen LogP contribution is -2.52. The molecule has 32 heavy (non-hydrogen) atoms. The monoisotopic (exact) mass is 434 g/mol. The third-order valence-corrected chi connectivity index (χ3v) is 6.42. The first kappa shape index (κ1) is 20.4. The average Bonchev–Trinajstić information content (AvgIpc) is 3.27. The molecule has 1 saturated heterocycles. The van der Waals surface area contributed by atoms with E-state index in [0.717, 1.165) is 29.2 Å². The van der Waals surface area contributed by atoms with E-state index in [4.69, 9.17) is 9.47 Å². The summed E-state index contributed by atoms with van der Waals surface area (Å²) in [6.45, 7) is 5.51. The van der Waals surface area contributed by atoms with E-state index in [-0.39, 0.29) is 11.5 Å². The number of hydrogen-bond acceptors (Lipinski definition) is 5. The van der Waals surface area contributed by atoms with Crippen molar-refractivity contribution in [3.63, 3.8) is 0 Å². The molecule has 4 aromatic rings. The lowest BCUT2D eigenvalue weighted by atomic mass is 9.99. The molecule has 0 bridgehead atoms. The third kappa shape index (κ3) is 2.86. The standard InChI is InChI=1S/C24H26N4O4/c1-5-18(24(30)27-11-13(2)12-27)28-21-14-6-7-25-22(14)26-10-17(21)15-8-19(31-3)20(32-4)9-16(15)23(28)29/h6-10,13,18H,5,11-12H2,1-4H3,(H,25,26)/t18-/m1/s1. The second kappa shape index (κ2) is 7.55. The van der Waals surface area contributed by atoms with Gasteiger partial charge < -0.3 is 19.4 Å². The number of rotatable bonds is 5. The average molecular weight is 434 g/mol. The van der Waals surface area contributed by atoms with Crippen LogP contribution in [-0.2, 0) is 4.79 Å². The van der Waals surface area contributed by atoms with Gasteiger partial charge in [-0.3, -0.25) is 14.2 Å². The van der Waals surface area contributed by atoms with Crippen LogP contribution in [-0.4, -0.2) is 52.7 Å². The summed E-state index contributed by atoms with van der Waals surface area (Å²) in [5.41, 5.74) is 1.15. The van der Waals surface area contributed by atoms with Gasteiger partial charge in [0, 0.05) is 41.6 Å². The van der Waals surface area contributed by atoms with Crippen molar-refractivity contribution >= 4 is 38.6 Å². The number of fused-ring (bicyclic) bond motifs is 5. The highest BCUT2D eigenvalue weighted by atomic mass is 16.5. The number of ether oxygens (including phenoxy) is 2. The molecule has 0 saturated carbocycles. The van der Waals surface area contributed by atoms with Crippen molar-refractivity contribution in [1.82, 2.24) is 19.4 Å². The van der Waals surface area contributed by atoms with Gasteiger partial charge in [0.1, 0.15) is 11.7 Å². The highest BCUT2D eigenvalue weighted by Crippen LogP contribution is 2.37. The molecule has 1 fully saturated rings. The smallest absolute Gasteiger partial charge is 0.259 e. The van der Waals surface area contributed by atoms with E-state index in [2.05, 4.69) is 16.9 Å². The zero-order chi connectivity index (χ0) is 22.6. The lowest BCUT2D eigenvalue weighted by molar-refractivity contribution is -0.140. The number of nitrogens with one attached hydrogen (secondary N) is 1. The fraction of sp³-hybridized carbons (Fsp3) is 0.375. The minimum Gasteiger partial charge on any atom is -0.493 e. The van der Waals surface area contributed by atoms with Gasteiger partial charge in [0.25, 0.3) is 5.56 Å². The molecule has 8 heteroatoms. The summed E-state index contributed by atoms with van der Waals surface area (Å²) >= 11 is 0. The number of benzene rings is 1. The minimum atomic E-state index is -0.601. The Morgan fingerprint density at radius 2 is 1.84 bits per heavy atom. The van der Waals surface area contributed by atoms with E-state index in [9.17, 15) is 9.59 Å². The first-order valence-corrected chi connectivity index (χ1v) is 10.8. The quantitative estimate of drug-likeness (QED) is 0.486. The Morgan fingerprint density at radius 3 is 2.47 bits per heavy atom. The molecule has 166 valence electrons. The number of amides is 1. The predicted octanol–water partition coefficient (Wildman–Crippen LogP) is 3.48. The van der Waals surface area contributed by atoms with Gasteiger partial charge in [-0.25, -0.2) is 4.98 Å². The van der Waals surface area contributed by atoms with Gasteiger partial charge in [0.2, 0.25) is 5.91 Å². The lowest BCUT2D eigenvalue weighted by Gasteiger charge is -2.39. The summed E-state index contributed by atoms with van der Waals surface area (Å²) in [7, 11) is 3.10. The minimum absolute atomic E-state index is 0.0191. The van der Waals surface area contributed by atoms with E-state index in [1.54, 1.807) is 30.1 Å². The van der Waals surface area contributed by atoms with Crippen molar-refractivity contribution in [3.05, 3.63) is 40.9 Å². The number of H-pyrrole nitrogens is 1. The van der Waals surface area contributed by atoms with Crippen LogP contribution in [0.2, 0.25) is 0 Å². The molecular weight excluding hydrogens is 408 g/mol. The highest BCUT2D eigenvalue weighted by molar-refractivity contribution is 6.14. The van der Waals surface area contributed by atoms with Gasteiger partial charge in [-0.2, -0.15) is 0 Å². The van der Waals surface area contributed by atoms with Crippen molar-refractivity contribution in [1.29, 1.82) is 0 Å². The van der Waals surface area contributed by atoms with E-state index >= 15 is 0 Å². The summed E-state index contributed by atoms with van der Waals surface area (Å²) in [4.78, 5) is 36.9. The Hall–Kier alpha value is -3.55. The number of carbonyl (C=O) groups is 1. The van der Waals surface area contributed by atoms with Gasteiger partial charge in [-0.15, -0.1) is 0 Å². The number of hydrogen-bond donors (Lipinski definition) is 1. The number of carbonyl (C=O) groups excluding carboxylic acids is 1. The molecule has 1 aliphatic rings. The van der Waals surface area contributed by atoms with Crippen LogP contribution in [0.5, 0.6) is 11.5 Å². The van der Waals surface area contributed by atoms with Crippen LogP contribution in [0.3, 0.4) is 0 Å². The summed E-state index contributed by atoms with van der Waals surface area (Å²) in [6.07, 6.45) is 4.05. The normalized spacial score (nSPS) is 15.3. The number of methoxy groups -OCH3 is 2. The van der Waals surface area contributed by atoms with Crippen molar-refractivity contribution in [2.75, 3.05) is 27.3 Å². The van der Waals surface area contributed by atoms with E-state index in [0.29, 0.717) is 40.4 Å². The van der Waals surface area contributed by atoms with Crippen molar-refractivity contribution in [3.8, 4) is 11.5 Å². The summed E-state index contributed by atoms with van der Waals surface area (Å²) in [5, 5.41) is 2.78. The first-order valence-electron chi connectivity index (χ1n) is 10.8. The molecule has 5 rings (SSSR count). The number of aromatic nitrogens is 3. The van der Waals surface area contributed by atoms with Gasteiger partial charge in [-0.05, 0) is 30.5 Å².